The second-order valence-electron chi connectivity index (χ2n) is 10.7. The zero-order valence-corrected chi connectivity index (χ0v) is 24.4. The molecule has 2 aliphatic heterocycles. The van der Waals surface area contributed by atoms with Gasteiger partial charge >= 0.3 is 6.09 Å². The molecule has 1 atom stereocenters. The van der Waals surface area contributed by atoms with Crippen LogP contribution in [0.15, 0.2) is 60.7 Å². The highest BCUT2D eigenvalue weighted by atomic mass is 32.2. The monoisotopic (exact) mass is 584 g/mol. The first-order chi connectivity index (χ1) is 19.7. The van der Waals surface area contributed by atoms with Gasteiger partial charge < -0.3 is 20.3 Å². The largest absolute Gasteiger partial charge is 0.445 e. The van der Waals surface area contributed by atoms with Crippen LogP contribution in [0.2, 0.25) is 0 Å². The Morgan fingerprint density at radius 1 is 1.00 bits per heavy atom. The van der Waals surface area contributed by atoms with Crippen molar-refractivity contribution in [3.8, 4) is 0 Å². The Balaban J connectivity index is 1.26. The average molecular weight is 585 g/mol. The van der Waals surface area contributed by atoms with Crippen LogP contribution in [0.1, 0.15) is 56.6 Å². The Hall–Kier alpha value is -3.44. The third kappa shape index (κ3) is 7.65. The molecule has 2 saturated heterocycles. The number of alkyl carbamates (subject to hydrolysis) is 1. The number of nitrogens with zero attached hydrogens (tertiary/aromatic N) is 2. The summed E-state index contributed by atoms with van der Waals surface area (Å²) in [7, 11) is -3.55. The Kier molecular flexibility index (Phi) is 10.4. The number of piperazine rings is 1. The first-order valence-electron chi connectivity index (χ1n) is 14.3. The minimum Gasteiger partial charge on any atom is -0.445 e. The summed E-state index contributed by atoms with van der Waals surface area (Å²) in [6.07, 6.45) is 2.45. The van der Waals surface area contributed by atoms with Gasteiger partial charge in [0.25, 0.3) is 0 Å². The summed E-state index contributed by atoms with van der Waals surface area (Å²) >= 11 is 0. The Bertz CT molecular complexity index is 1280. The number of carbonyl (C=O) groups is 3. The fourth-order valence-electron chi connectivity index (χ4n) is 5.56. The maximum atomic E-state index is 13.5. The van der Waals surface area contributed by atoms with E-state index in [1.165, 1.54) is 4.31 Å². The SMILES string of the molecule is CCCN1C(=O)[C@H](CCCCNC(=O)OCc2ccccc2)NC(=O)C12CCN(S(=O)(=O)Cc1ccccc1)CC2. The van der Waals surface area contributed by atoms with Crippen molar-refractivity contribution in [2.45, 2.75) is 69.4 Å². The summed E-state index contributed by atoms with van der Waals surface area (Å²) in [5.41, 5.74) is 0.586. The van der Waals surface area contributed by atoms with Crippen molar-refractivity contribution in [3.63, 3.8) is 0 Å². The highest BCUT2D eigenvalue weighted by molar-refractivity contribution is 7.88. The van der Waals surface area contributed by atoms with E-state index in [0.717, 1.165) is 5.56 Å². The number of piperidine rings is 1. The quantitative estimate of drug-likeness (QED) is 0.369. The normalized spacial score (nSPS) is 19.1. The van der Waals surface area contributed by atoms with E-state index < -0.39 is 27.7 Å². The van der Waals surface area contributed by atoms with Crippen molar-refractivity contribution in [2.75, 3.05) is 26.2 Å². The molecular formula is C30H40N4O6S. The fraction of sp³-hybridized carbons (Fsp3) is 0.500. The predicted octanol–water partition coefficient (Wildman–Crippen LogP) is 3.18. The van der Waals surface area contributed by atoms with Gasteiger partial charge in [-0.3, -0.25) is 9.59 Å². The van der Waals surface area contributed by atoms with Crippen LogP contribution in [0.3, 0.4) is 0 Å². The molecule has 2 aliphatic rings. The van der Waals surface area contributed by atoms with Crippen LogP contribution >= 0.6 is 0 Å². The van der Waals surface area contributed by atoms with Gasteiger partial charge in [-0.15, -0.1) is 0 Å². The lowest BCUT2D eigenvalue weighted by Crippen LogP contribution is -2.73. The number of unbranched alkanes of at least 4 members (excludes halogenated alkanes) is 1. The van der Waals surface area contributed by atoms with Crippen molar-refractivity contribution in [3.05, 3.63) is 71.8 Å². The third-order valence-corrected chi connectivity index (χ3v) is 9.64. The number of sulfonamides is 1. The molecule has 11 heteroatoms. The number of rotatable bonds is 12. The Morgan fingerprint density at radius 3 is 2.27 bits per heavy atom. The summed E-state index contributed by atoms with van der Waals surface area (Å²) in [4.78, 5) is 40.7. The van der Waals surface area contributed by atoms with Gasteiger partial charge in [-0.25, -0.2) is 17.5 Å². The maximum absolute atomic E-state index is 13.5. The number of hydrogen-bond donors (Lipinski definition) is 2. The first kappa shape index (κ1) is 30.5. The molecule has 2 aromatic carbocycles. The highest BCUT2D eigenvalue weighted by Crippen LogP contribution is 2.35. The number of benzene rings is 2. The lowest BCUT2D eigenvalue weighted by Gasteiger charge is -2.51. The van der Waals surface area contributed by atoms with E-state index >= 15 is 0 Å². The molecule has 3 amide bonds. The molecule has 0 aromatic heterocycles. The molecule has 2 fully saturated rings. The molecule has 2 aromatic rings. The van der Waals surface area contributed by atoms with E-state index in [0.29, 0.717) is 44.3 Å². The van der Waals surface area contributed by atoms with Crippen molar-refractivity contribution >= 4 is 27.9 Å². The van der Waals surface area contributed by atoms with Crippen molar-refractivity contribution < 1.29 is 27.5 Å². The molecule has 2 N–H and O–H groups in total. The molecule has 222 valence electrons. The lowest BCUT2D eigenvalue weighted by atomic mass is 9.81. The molecule has 0 saturated carbocycles. The van der Waals surface area contributed by atoms with Gasteiger partial charge in [0.05, 0.1) is 5.75 Å². The topological polar surface area (TPSA) is 125 Å². The van der Waals surface area contributed by atoms with E-state index in [2.05, 4.69) is 10.6 Å². The molecule has 10 nitrogen and oxygen atoms in total. The Labute approximate surface area is 242 Å². The summed E-state index contributed by atoms with van der Waals surface area (Å²) in [6, 6.07) is 17.8. The van der Waals surface area contributed by atoms with Crippen molar-refractivity contribution in [1.29, 1.82) is 0 Å². The summed E-state index contributed by atoms with van der Waals surface area (Å²) in [5.74, 6) is -0.424. The molecule has 4 rings (SSSR count). The fourth-order valence-corrected chi connectivity index (χ4v) is 7.10. The van der Waals surface area contributed by atoms with Crippen LogP contribution in [-0.2, 0) is 36.7 Å². The average Bonchev–Trinajstić information content (AvgIpc) is 2.98. The van der Waals surface area contributed by atoms with Crippen LogP contribution in [-0.4, -0.2) is 73.3 Å². The second kappa shape index (κ2) is 14.0. The van der Waals surface area contributed by atoms with E-state index in [-0.39, 0.29) is 50.1 Å². The zero-order valence-electron chi connectivity index (χ0n) is 23.6. The lowest BCUT2D eigenvalue weighted by molar-refractivity contribution is -0.160. The van der Waals surface area contributed by atoms with Crippen molar-refractivity contribution in [1.82, 2.24) is 19.8 Å². The van der Waals surface area contributed by atoms with Gasteiger partial charge in [0.15, 0.2) is 0 Å². The molecule has 2 heterocycles. The van der Waals surface area contributed by atoms with Crippen LogP contribution in [0, 0.1) is 0 Å². The smallest absolute Gasteiger partial charge is 0.407 e. The summed E-state index contributed by atoms with van der Waals surface area (Å²) < 4.78 is 32.8. The van der Waals surface area contributed by atoms with Gasteiger partial charge in [-0.2, -0.15) is 0 Å². The third-order valence-electron chi connectivity index (χ3n) is 7.79. The standard InChI is InChI=1S/C30H40N4O6S/c1-2-19-34-27(35)26(15-9-10-18-31-29(37)40-22-24-11-5-3-6-12-24)32-28(36)30(34)16-20-33(21-17-30)41(38,39)23-25-13-7-4-8-14-25/h3-8,11-14,26H,2,9-10,15-23H2,1H3,(H,31,37)(H,32,36)/t26-/m0/s1. The van der Waals surface area contributed by atoms with Gasteiger partial charge in [0.1, 0.15) is 18.2 Å². The number of amides is 3. The predicted molar refractivity (Wildman–Crippen MR) is 155 cm³/mol. The highest BCUT2D eigenvalue weighted by Gasteiger charge is 2.54. The molecule has 1 spiro atoms. The van der Waals surface area contributed by atoms with Crippen LogP contribution in [0.5, 0.6) is 0 Å². The van der Waals surface area contributed by atoms with Gasteiger partial charge in [0.2, 0.25) is 21.8 Å². The first-order valence-corrected chi connectivity index (χ1v) is 15.9. The van der Waals surface area contributed by atoms with E-state index in [1.807, 2.05) is 55.5 Å². The van der Waals surface area contributed by atoms with Crippen LogP contribution in [0.25, 0.3) is 0 Å². The number of hydrogen-bond acceptors (Lipinski definition) is 6. The van der Waals surface area contributed by atoms with E-state index in [4.69, 9.17) is 4.74 Å². The molecule has 0 aliphatic carbocycles. The van der Waals surface area contributed by atoms with Crippen LogP contribution < -0.4 is 10.6 Å². The molecular weight excluding hydrogens is 544 g/mol. The van der Waals surface area contributed by atoms with Gasteiger partial charge in [0, 0.05) is 26.2 Å². The zero-order chi connectivity index (χ0) is 29.3. The van der Waals surface area contributed by atoms with Crippen LogP contribution in [0.4, 0.5) is 4.79 Å². The minimum atomic E-state index is -3.55. The second-order valence-corrected chi connectivity index (χ2v) is 12.6. The van der Waals surface area contributed by atoms with Gasteiger partial charge in [-0.1, -0.05) is 67.6 Å². The summed E-state index contributed by atoms with van der Waals surface area (Å²) in [5, 5.41) is 5.66. The summed E-state index contributed by atoms with van der Waals surface area (Å²) in [6.45, 7) is 3.37. The maximum Gasteiger partial charge on any atom is 0.407 e. The van der Waals surface area contributed by atoms with Gasteiger partial charge in [-0.05, 0) is 49.7 Å². The number of nitrogens with one attached hydrogen (secondary N) is 2. The Morgan fingerprint density at radius 2 is 1.63 bits per heavy atom. The molecule has 41 heavy (non-hydrogen) atoms. The van der Waals surface area contributed by atoms with E-state index in [9.17, 15) is 22.8 Å². The van der Waals surface area contributed by atoms with Crippen molar-refractivity contribution in [2.24, 2.45) is 0 Å². The number of carbonyl (C=O) groups excluding carboxylic acids is 3. The molecule has 0 unspecified atom stereocenters. The number of ether oxygens (including phenoxy) is 1. The molecule has 0 bridgehead atoms. The minimum absolute atomic E-state index is 0.0910. The molecule has 0 radical (unpaired) electrons. The van der Waals surface area contributed by atoms with E-state index in [1.54, 1.807) is 17.0 Å².